The van der Waals surface area contributed by atoms with Crippen LogP contribution in [0.1, 0.15) is 45.1 Å². The first-order valence-electron chi connectivity index (χ1n) is 6.52. The van der Waals surface area contributed by atoms with Gasteiger partial charge >= 0.3 is 5.97 Å². The van der Waals surface area contributed by atoms with Gasteiger partial charge in [-0.05, 0) is 40.7 Å². The number of esters is 1. The van der Waals surface area contributed by atoms with E-state index in [9.17, 15) is 4.79 Å². The van der Waals surface area contributed by atoms with E-state index in [0.29, 0.717) is 5.88 Å². The number of ether oxygens (including phenoxy) is 2. The van der Waals surface area contributed by atoms with Crippen molar-refractivity contribution >= 4 is 5.97 Å². The summed E-state index contributed by atoms with van der Waals surface area (Å²) < 4.78 is 10.7. The van der Waals surface area contributed by atoms with Crippen LogP contribution in [0.5, 0.6) is 5.88 Å². The van der Waals surface area contributed by atoms with Crippen molar-refractivity contribution in [2.45, 2.75) is 46.8 Å². The van der Waals surface area contributed by atoms with E-state index in [0.717, 1.165) is 0 Å². The highest BCUT2D eigenvalue weighted by Gasteiger charge is 2.29. The maximum Gasteiger partial charge on any atom is 0.357 e. The first kappa shape index (κ1) is 16.0. The van der Waals surface area contributed by atoms with Gasteiger partial charge in [-0.25, -0.2) is 9.78 Å². The van der Waals surface area contributed by atoms with Crippen LogP contribution in [0.4, 0.5) is 0 Å². The molecule has 1 unspecified atom stereocenters. The predicted molar refractivity (Wildman–Crippen MR) is 74.3 cm³/mol. The minimum absolute atomic E-state index is 0.0229. The van der Waals surface area contributed by atoms with Crippen LogP contribution in [-0.4, -0.2) is 23.2 Å². The molecule has 0 bridgehead atoms. The molecule has 1 rings (SSSR count). The Morgan fingerprint density at radius 2 is 2.00 bits per heavy atom. The molecule has 1 aromatic heterocycles. The fourth-order valence-corrected chi connectivity index (χ4v) is 1.29. The van der Waals surface area contributed by atoms with Crippen molar-refractivity contribution in [3.8, 4) is 11.9 Å². The fraction of sp³-hybridized carbons (Fsp3) is 0.533. The molecule has 0 amide bonds. The maximum atomic E-state index is 12.0. The lowest BCUT2D eigenvalue weighted by molar-refractivity contribution is 0.0121. The molecule has 0 aliphatic carbocycles. The minimum Gasteiger partial charge on any atom is -0.475 e. The zero-order chi connectivity index (χ0) is 15.3. The molecule has 0 radical (unpaired) electrons. The van der Waals surface area contributed by atoms with Gasteiger partial charge in [0.2, 0.25) is 5.88 Å². The zero-order valence-electron chi connectivity index (χ0n) is 12.5. The van der Waals surface area contributed by atoms with Crippen LogP contribution in [0.3, 0.4) is 0 Å². The Morgan fingerprint density at radius 1 is 1.35 bits per heavy atom. The van der Waals surface area contributed by atoms with Crippen LogP contribution in [-0.2, 0) is 4.74 Å². The maximum absolute atomic E-state index is 12.0. The molecule has 0 saturated heterocycles. The van der Waals surface area contributed by atoms with E-state index in [4.69, 9.17) is 14.7 Å². The van der Waals surface area contributed by atoms with E-state index < -0.39 is 17.5 Å². The van der Waals surface area contributed by atoms with Gasteiger partial charge in [-0.3, -0.25) is 0 Å². The molecule has 0 aromatic carbocycles. The number of aromatic nitrogens is 1. The summed E-state index contributed by atoms with van der Waals surface area (Å²) in [7, 11) is 0. The van der Waals surface area contributed by atoms with Crippen molar-refractivity contribution in [3.05, 3.63) is 23.9 Å². The topological polar surface area (TPSA) is 72.2 Å². The molecule has 0 N–H and O–H groups in total. The van der Waals surface area contributed by atoms with Crippen molar-refractivity contribution in [2.24, 2.45) is 5.41 Å². The SMILES string of the molecule is CC(C)Oc1cccc(C(=O)OC(C)C(C)(C)C#N)n1. The van der Waals surface area contributed by atoms with Crippen LogP contribution in [0, 0.1) is 16.7 Å². The van der Waals surface area contributed by atoms with E-state index in [-0.39, 0.29) is 11.8 Å². The van der Waals surface area contributed by atoms with Gasteiger partial charge in [0.15, 0.2) is 5.69 Å². The average molecular weight is 276 g/mol. The highest BCUT2D eigenvalue weighted by molar-refractivity contribution is 5.87. The molecule has 5 nitrogen and oxygen atoms in total. The number of carbonyl (C=O) groups is 1. The first-order chi connectivity index (χ1) is 9.26. The summed E-state index contributed by atoms with van der Waals surface area (Å²) in [6, 6.07) is 7.03. The lowest BCUT2D eigenvalue weighted by atomic mass is 9.89. The molecule has 0 saturated carbocycles. The summed E-state index contributed by atoms with van der Waals surface area (Å²) in [4.78, 5) is 16.1. The number of carbonyl (C=O) groups excluding carboxylic acids is 1. The third kappa shape index (κ3) is 4.23. The Bertz CT molecular complexity index is 518. The van der Waals surface area contributed by atoms with E-state index in [2.05, 4.69) is 11.1 Å². The number of nitriles is 1. The summed E-state index contributed by atoms with van der Waals surface area (Å²) in [5.41, 5.74) is -0.578. The number of rotatable bonds is 5. The third-order valence-corrected chi connectivity index (χ3v) is 2.88. The summed E-state index contributed by atoms with van der Waals surface area (Å²) in [5.74, 6) is -0.184. The van der Waals surface area contributed by atoms with Crippen molar-refractivity contribution in [1.29, 1.82) is 5.26 Å². The van der Waals surface area contributed by atoms with Gasteiger partial charge < -0.3 is 9.47 Å². The van der Waals surface area contributed by atoms with Gasteiger partial charge in [-0.15, -0.1) is 0 Å². The number of nitrogens with zero attached hydrogens (tertiary/aromatic N) is 2. The molecule has 0 fully saturated rings. The molecular weight excluding hydrogens is 256 g/mol. The van der Waals surface area contributed by atoms with Crippen molar-refractivity contribution in [3.63, 3.8) is 0 Å². The van der Waals surface area contributed by atoms with Crippen LogP contribution >= 0.6 is 0 Å². The third-order valence-electron chi connectivity index (χ3n) is 2.88. The standard InChI is InChI=1S/C15H20N2O3/c1-10(2)19-13-8-6-7-12(17-13)14(18)20-11(3)15(4,5)9-16/h6-8,10-11H,1-5H3. The molecule has 1 aromatic rings. The van der Waals surface area contributed by atoms with Crippen LogP contribution in [0.15, 0.2) is 18.2 Å². The lowest BCUT2D eigenvalue weighted by Gasteiger charge is -2.23. The number of pyridine rings is 1. The Labute approximate surface area is 119 Å². The van der Waals surface area contributed by atoms with Crippen LogP contribution in [0.25, 0.3) is 0 Å². The van der Waals surface area contributed by atoms with Gasteiger partial charge in [0, 0.05) is 6.07 Å². The highest BCUT2D eigenvalue weighted by atomic mass is 16.5. The van der Waals surface area contributed by atoms with Gasteiger partial charge in [0.25, 0.3) is 0 Å². The normalized spacial score (nSPS) is 12.7. The average Bonchev–Trinajstić information content (AvgIpc) is 2.38. The predicted octanol–water partition coefficient (Wildman–Crippen LogP) is 2.96. The number of hydrogen-bond donors (Lipinski definition) is 0. The van der Waals surface area contributed by atoms with Crippen LogP contribution < -0.4 is 4.74 Å². The zero-order valence-corrected chi connectivity index (χ0v) is 12.5. The second-order valence-electron chi connectivity index (χ2n) is 5.41. The Hall–Kier alpha value is -2.09. The summed E-state index contributed by atoms with van der Waals surface area (Å²) >= 11 is 0. The molecule has 0 aliphatic rings. The van der Waals surface area contributed by atoms with Gasteiger partial charge in [0.1, 0.15) is 6.10 Å². The second-order valence-corrected chi connectivity index (χ2v) is 5.41. The van der Waals surface area contributed by atoms with E-state index in [1.165, 1.54) is 0 Å². The second kappa shape index (κ2) is 6.38. The summed E-state index contributed by atoms with van der Waals surface area (Å²) in [6.07, 6.45) is -0.554. The fourth-order valence-electron chi connectivity index (χ4n) is 1.29. The van der Waals surface area contributed by atoms with Gasteiger partial charge in [-0.1, -0.05) is 6.07 Å². The monoisotopic (exact) mass is 276 g/mol. The van der Waals surface area contributed by atoms with Crippen molar-refractivity contribution in [2.75, 3.05) is 0 Å². The molecule has 5 heteroatoms. The number of hydrogen-bond acceptors (Lipinski definition) is 5. The lowest BCUT2D eigenvalue weighted by Crippen LogP contribution is -2.30. The van der Waals surface area contributed by atoms with Gasteiger partial charge in [-0.2, -0.15) is 5.26 Å². The Morgan fingerprint density at radius 3 is 2.55 bits per heavy atom. The Kier molecular flexibility index (Phi) is 5.09. The molecule has 0 aliphatic heterocycles. The molecule has 0 spiro atoms. The van der Waals surface area contributed by atoms with Crippen molar-refractivity contribution < 1.29 is 14.3 Å². The van der Waals surface area contributed by atoms with Crippen molar-refractivity contribution in [1.82, 2.24) is 4.98 Å². The molecule has 1 heterocycles. The molecule has 20 heavy (non-hydrogen) atoms. The minimum atomic E-state index is -0.748. The summed E-state index contributed by atoms with van der Waals surface area (Å²) in [6.45, 7) is 8.89. The van der Waals surface area contributed by atoms with Gasteiger partial charge in [0.05, 0.1) is 17.6 Å². The van der Waals surface area contributed by atoms with Crippen LogP contribution in [0.2, 0.25) is 0 Å². The first-order valence-corrected chi connectivity index (χ1v) is 6.52. The smallest absolute Gasteiger partial charge is 0.357 e. The molecule has 108 valence electrons. The largest absolute Gasteiger partial charge is 0.475 e. The quantitative estimate of drug-likeness (QED) is 0.773. The molecular formula is C15H20N2O3. The molecule has 1 atom stereocenters. The van der Waals surface area contributed by atoms with E-state index in [1.807, 2.05) is 13.8 Å². The Balaban J connectivity index is 2.81. The highest BCUT2D eigenvalue weighted by Crippen LogP contribution is 2.22. The summed E-state index contributed by atoms with van der Waals surface area (Å²) in [5, 5.41) is 9.01. The van der Waals surface area contributed by atoms with E-state index >= 15 is 0 Å². The van der Waals surface area contributed by atoms with E-state index in [1.54, 1.807) is 39.0 Å².